The third-order valence-electron chi connectivity index (χ3n) is 4.63. The van der Waals surface area contributed by atoms with Gasteiger partial charge in [0.1, 0.15) is 14.9 Å². The van der Waals surface area contributed by atoms with Gasteiger partial charge in [0.05, 0.1) is 19.7 Å². The minimum atomic E-state index is -0.472. The molecule has 0 spiro atoms. The van der Waals surface area contributed by atoms with E-state index in [4.69, 9.17) is 16.3 Å². The molecule has 2 N–H and O–H groups in total. The smallest absolute Gasteiger partial charge is 0.341 e. The van der Waals surface area contributed by atoms with Crippen molar-refractivity contribution in [3.05, 3.63) is 40.2 Å². The zero-order valence-corrected chi connectivity index (χ0v) is 16.9. The molecular formula is C20H24ClN2O3S+. The molecule has 2 aromatic rings. The van der Waals surface area contributed by atoms with Gasteiger partial charge in [-0.15, -0.1) is 11.3 Å². The summed E-state index contributed by atoms with van der Waals surface area (Å²) in [7, 11) is 0. The second-order valence-corrected chi connectivity index (χ2v) is 8.20. The Morgan fingerprint density at radius 2 is 1.89 bits per heavy atom. The van der Waals surface area contributed by atoms with E-state index < -0.39 is 5.97 Å². The predicted molar refractivity (Wildman–Crippen MR) is 109 cm³/mol. The van der Waals surface area contributed by atoms with Crippen LogP contribution in [0.2, 0.25) is 4.34 Å². The average molecular weight is 408 g/mol. The Bertz CT molecular complexity index is 801. The number of rotatable bonds is 6. The lowest BCUT2D eigenvalue weighted by Crippen LogP contribution is -3.13. The maximum Gasteiger partial charge on any atom is 0.341 e. The molecule has 1 aliphatic rings. The highest BCUT2D eigenvalue weighted by molar-refractivity contribution is 7.21. The van der Waals surface area contributed by atoms with Gasteiger partial charge >= 0.3 is 5.97 Å². The normalized spacial score (nSPS) is 14.7. The lowest BCUT2D eigenvalue weighted by atomic mass is 10.0. The monoisotopic (exact) mass is 407 g/mol. The number of carbonyl (C=O) groups is 2. The zero-order chi connectivity index (χ0) is 19.2. The first-order valence-corrected chi connectivity index (χ1v) is 10.5. The van der Waals surface area contributed by atoms with Crippen LogP contribution < -0.4 is 10.2 Å². The van der Waals surface area contributed by atoms with E-state index in [0.717, 1.165) is 31.5 Å². The number of thiophene rings is 1. The summed E-state index contributed by atoms with van der Waals surface area (Å²) in [5, 5.41) is 3.36. The molecule has 0 atom stereocenters. The van der Waals surface area contributed by atoms with E-state index in [2.05, 4.69) is 5.32 Å². The summed E-state index contributed by atoms with van der Waals surface area (Å²) in [5.41, 5.74) is 1.77. The number of halogens is 1. The van der Waals surface area contributed by atoms with Crippen molar-refractivity contribution >= 4 is 39.8 Å². The molecule has 27 heavy (non-hydrogen) atoms. The fourth-order valence-corrected chi connectivity index (χ4v) is 4.77. The van der Waals surface area contributed by atoms with Gasteiger partial charge in [-0.05, 0) is 31.7 Å². The van der Waals surface area contributed by atoms with Crippen molar-refractivity contribution in [2.75, 3.05) is 31.6 Å². The first kappa shape index (κ1) is 19.9. The summed E-state index contributed by atoms with van der Waals surface area (Å²) in [4.78, 5) is 26.4. The molecule has 1 aliphatic heterocycles. The highest BCUT2D eigenvalue weighted by atomic mass is 35.5. The van der Waals surface area contributed by atoms with Crippen LogP contribution in [-0.2, 0) is 9.53 Å². The number of benzene rings is 1. The molecule has 7 heteroatoms. The summed E-state index contributed by atoms with van der Waals surface area (Å²) in [6, 6.07) is 9.45. The summed E-state index contributed by atoms with van der Waals surface area (Å²) in [6.45, 7) is 4.44. The molecule has 144 valence electrons. The largest absolute Gasteiger partial charge is 0.462 e. The topological polar surface area (TPSA) is 59.8 Å². The molecule has 0 aliphatic carbocycles. The Hall–Kier alpha value is -1.89. The number of piperidine rings is 1. The minimum absolute atomic E-state index is 0.102. The molecule has 1 aromatic heterocycles. The predicted octanol–water partition coefficient (Wildman–Crippen LogP) is 3.25. The molecule has 0 unspecified atom stereocenters. The summed E-state index contributed by atoms with van der Waals surface area (Å²) < 4.78 is 5.69. The van der Waals surface area contributed by atoms with E-state index >= 15 is 0 Å². The number of quaternary nitrogens is 1. The quantitative estimate of drug-likeness (QED) is 0.722. The maximum atomic E-state index is 12.6. The van der Waals surface area contributed by atoms with Crippen molar-refractivity contribution in [3.8, 4) is 11.1 Å². The van der Waals surface area contributed by atoms with Gasteiger partial charge in [0.25, 0.3) is 5.91 Å². The number of anilines is 1. The number of likely N-dealkylation sites (tertiary alicyclic amines) is 1. The molecule has 0 saturated carbocycles. The van der Waals surface area contributed by atoms with Gasteiger partial charge in [0.2, 0.25) is 0 Å². The fourth-order valence-electron chi connectivity index (χ4n) is 3.38. The van der Waals surface area contributed by atoms with Crippen LogP contribution in [0, 0.1) is 0 Å². The van der Waals surface area contributed by atoms with Crippen LogP contribution in [0.3, 0.4) is 0 Å². The van der Waals surface area contributed by atoms with Crippen LogP contribution in [0.15, 0.2) is 30.3 Å². The van der Waals surface area contributed by atoms with Crippen LogP contribution >= 0.6 is 22.9 Å². The average Bonchev–Trinajstić information content (AvgIpc) is 2.99. The number of esters is 1. The van der Waals surface area contributed by atoms with Gasteiger partial charge in [-0.1, -0.05) is 41.9 Å². The van der Waals surface area contributed by atoms with Crippen LogP contribution in [0.5, 0.6) is 0 Å². The standard InChI is InChI=1S/C20H23ClN2O3S/c1-2-26-20(25)17-16(14-9-5-3-6-10-14)18(21)27-19(17)22-15(24)13-23-11-7-4-8-12-23/h3,5-6,9-10H,2,4,7-8,11-13H2,1H3,(H,22,24)/p+1. The molecule has 1 saturated heterocycles. The van der Waals surface area contributed by atoms with Crippen molar-refractivity contribution in [1.82, 2.24) is 0 Å². The number of amides is 1. The van der Waals surface area contributed by atoms with Gasteiger partial charge < -0.3 is 15.0 Å². The first-order chi connectivity index (χ1) is 13.1. The third-order valence-corrected chi connectivity index (χ3v) is 5.95. The van der Waals surface area contributed by atoms with E-state index in [0.29, 0.717) is 27.0 Å². The molecule has 0 radical (unpaired) electrons. The van der Waals surface area contributed by atoms with Gasteiger partial charge in [0, 0.05) is 5.56 Å². The van der Waals surface area contributed by atoms with E-state index in [9.17, 15) is 9.59 Å². The molecule has 2 heterocycles. The van der Waals surface area contributed by atoms with E-state index in [-0.39, 0.29) is 12.5 Å². The number of ether oxygens (including phenoxy) is 1. The molecule has 5 nitrogen and oxygen atoms in total. The minimum Gasteiger partial charge on any atom is -0.462 e. The Balaban J connectivity index is 1.87. The lowest BCUT2D eigenvalue weighted by Gasteiger charge is -2.22. The fraction of sp³-hybridized carbons (Fsp3) is 0.400. The van der Waals surface area contributed by atoms with Gasteiger partial charge in [-0.3, -0.25) is 4.79 Å². The lowest BCUT2D eigenvalue weighted by molar-refractivity contribution is -0.896. The molecule has 1 amide bonds. The highest BCUT2D eigenvalue weighted by Gasteiger charge is 2.27. The van der Waals surface area contributed by atoms with Gasteiger partial charge in [-0.2, -0.15) is 0 Å². The Labute approximate surface area is 168 Å². The van der Waals surface area contributed by atoms with Crippen molar-refractivity contribution in [2.24, 2.45) is 0 Å². The van der Waals surface area contributed by atoms with Gasteiger partial charge in [0.15, 0.2) is 6.54 Å². The van der Waals surface area contributed by atoms with Crippen LogP contribution in [0.25, 0.3) is 11.1 Å². The number of hydrogen-bond acceptors (Lipinski definition) is 4. The number of nitrogens with one attached hydrogen (secondary N) is 2. The number of carbonyl (C=O) groups excluding carboxylic acids is 2. The second kappa shape index (κ2) is 9.35. The van der Waals surface area contributed by atoms with Crippen molar-refractivity contribution in [1.29, 1.82) is 0 Å². The third kappa shape index (κ3) is 4.89. The molecule has 3 rings (SSSR count). The van der Waals surface area contributed by atoms with Crippen LogP contribution in [0.4, 0.5) is 5.00 Å². The van der Waals surface area contributed by atoms with Crippen molar-refractivity contribution in [2.45, 2.75) is 26.2 Å². The SMILES string of the molecule is CCOC(=O)c1c(NC(=O)C[NH+]2CCCCC2)sc(Cl)c1-c1ccccc1. The van der Waals surface area contributed by atoms with Crippen LogP contribution in [-0.4, -0.2) is 38.1 Å². The zero-order valence-electron chi connectivity index (χ0n) is 15.3. The Morgan fingerprint density at radius 3 is 2.56 bits per heavy atom. The van der Waals surface area contributed by atoms with Crippen molar-refractivity contribution < 1.29 is 19.2 Å². The Kier molecular flexibility index (Phi) is 6.88. The molecule has 1 fully saturated rings. The maximum absolute atomic E-state index is 12.6. The van der Waals surface area contributed by atoms with E-state index in [1.165, 1.54) is 22.7 Å². The molecule has 0 bridgehead atoms. The molecule has 1 aromatic carbocycles. The van der Waals surface area contributed by atoms with E-state index in [1.54, 1.807) is 6.92 Å². The second-order valence-electron chi connectivity index (χ2n) is 6.58. The highest BCUT2D eigenvalue weighted by Crippen LogP contribution is 2.43. The number of hydrogen-bond donors (Lipinski definition) is 2. The molecular weight excluding hydrogens is 384 g/mol. The van der Waals surface area contributed by atoms with E-state index in [1.807, 2.05) is 30.3 Å². The first-order valence-electron chi connectivity index (χ1n) is 9.28. The van der Waals surface area contributed by atoms with Gasteiger partial charge in [-0.25, -0.2) is 4.79 Å². The summed E-state index contributed by atoms with van der Waals surface area (Å²) in [6.07, 6.45) is 3.54. The Morgan fingerprint density at radius 1 is 1.19 bits per heavy atom. The summed E-state index contributed by atoms with van der Waals surface area (Å²) in [5.74, 6) is -0.574. The van der Waals surface area contributed by atoms with Crippen molar-refractivity contribution in [3.63, 3.8) is 0 Å². The van der Waals surface area contributed by atoms with Crippen LogP contribution in [0.1, 0.15) is 36.5 Å². The summed E-state index contributed by atoms with van der Waals surface area (Å²) >= 11 is 7.66.